The van der Waals surface area contributed by atoms with Gasteiger partial charge < -0.3 is 40.3 Å². The summed E-state index contributed by atoms with van der Waals surface area (Å²) in [6.45, 7) is 3.83. The van der Waals surface area contributed by atoms with Crippen LogP contribution in [0.25, 0.3) is 0 Å². The van der Waals surface area contributed by atoms with Crippen LogP contribution in [0.2, 0.25) is 0 Å². The molecule has 0 bridgehead atoms. The molecule has 360 valence electrons. The van der Waals surface area contributed by atoms with Gasteiger partial charge in [0.15, 0.2) is 6.29 Å². The molecule has 6 N–H and O–H groups in total. The second-order valence-corrected chi connectivity index (χ2v) is 18.3. The second kappa shape index (κ2) is 42.6. The van der Waals surface area contributed by atoms with Gasteiger partial charge in [-0.1, -0.05) is 218 Å². The van der Waals surface area contributed by atoms with Crippen molar-refractivity contribution in [1.82, 2.24) is 5.32 Å². The largest absolute Gasteiger partial charge is 0.394 e. The third kappa shape index (κ3) is 32.9. The van der Waals surface area contributed by atoms with Crippen molar-refractivity contribution < 1.29 is 39.8 Å². The molecule has 0 saturated carbocycles. The Bertz CT molecular complexity index is 1010. The van der Waals surface area contributed by atoms with E-state index in [0.717, 1.165) is 44.9 Å². The molecule has 1 aliphatic rings. The van der Waals surface area contributed by atoms with Crippen LogP contribution in [0.5, 0.6) is 0 Å². The van der Waals surface area contributed by atoms with E-state index in [1.54, 1.807) is 0 Å². The van der Waals surface area contributed by atoms with Crippen molar-refractivity contribution >= 4 is 5.91 Å². The van der Waals surface area contributed by atoms with Crippen molar-refractivity contribution in [2.75, 3.05) is 13.2 Å². The molecular formula is C52H99NO8. The Balaban J connectivity index is 2.27. The van der Waals surface area contributed by atoms with Gasteiger partial charge in [-0.15, -0.1) is 0 Å². The lowest BCUT2D eigenvalue weighted by atomic mass is 9.99. The number of allylic oxidation sites excluding steroid dienone is 4. The van der Waals surface area contributed by atoms with E-state index in [1.165, 1.54) is 173 Å². The molecular weight excluding hydrogens is 767 g/mol. The molecule has 1 fully saturated rings. The van der Waals surface area contributed by atoms with Gasteiger partial charge in [0.1, 0.15) is 24.4 Å². The molecule has 1 heterocycles. The molecule has 7 atom stereocenters. The molecule has 1 aliphatic heterocycles. The monoisotopic (exact) mass is 866 g/mol. The van der Waals surface area contributed by atoms with Crippen LogP contribution in [-0.4, -0.2) is 87.5 Å². The maximum atomic E-state index is 13.0. The van der Waals surface area contributed by atoms with Crippen LogP contribution >= 0.6 is 0 Å². The highest BCUT2D eigenvalue weighted by molar-refractivity contribution is 5.76. The Morgan fingerprint density at radius 1 is 0.557 bits per heavy atom. The Labute approximate surface area is 375 Å². The van der Waals surface area contributed by atoms with Crippen molar-refractivity contribution in [3.8, 4) is 0 Å². The van der Waals surface area contributed by atoms with Gasteiger partial charge in [-0.05, 0) is 44.9 Å². The van der Waals surface area contributed by atoms with Crippen LogP contribution in [0.15, 0.2) is 24.3 Å². The van der Waals surface area contributed by atoms with E-state index < -0.39 is 49.5 Å². The maximum absolute atomic E-state index is 13.0. The van der Waals surface area contributed by atoms with Crippen LogP contribution in [0, 0.1) is 0 Å². The topological polar surface area (TPSA) is 149 Å². The lowest BCUT2D eigenvalue weighted by molar-refractivity contribution is -0.302. The summed E-state index contributed by atoms with van der Waals surface area (Å²) in [5, 5.41) is 54.5. The smallest absolute Gasteiger partial charge is 0.220 e. The number of hydrogen-bond acceptors (Lipinski definition) is 8. The van der Waals surface area contributed by atoms with Crippen molar-refractivity contribution in [2.24, 2.45) is 0 Å². The number of aliphatic hydroxyl groups excluding tert-OH is 5. The fourth-order valence-electron chi connectivity index (χ4n) is 8.37. The molecule has 0 aromatic rings. The molecule has 1 saturated heterocycles. The molecule has 9 nitrogen and oxygen atoms in total. The highest BCUT2D eigenvalue weighted by atomic mass is 16.7. The number of nitrogens with one attached hydrogen (secondary N) is 1. The summed E-state index contributed by atoms with van der Waals surface area (Å²) in [4.78, 5) is 13.0. The zero-order valence-corrected chi connectivity index (χ0v) is 39.7. The summed E-state index contributed by atoms with van der Waals surface area (Å²) in [5.74, 6) is -0.147. The molecule has 1 amide bonds. The lowest BCUT2D eigenvalue weighted by Gasteiger charge is -2.40. The first kappa shape index (κ1) is 57.7. The number of ether oxygens (including phenoxy) is 2. The van der Waals surface area contributed by atoms with Gasteiger partial charge in [0, 0.05) is 6.42 Å². The van der Waals surface area contributed by atoms with Crippen LogP contribution in [0.1, 0.15) is 245 Å². The number of unbranched alkanes of at least 4 members (excludes halogenated alkanes) is 30. The minimum absolute atomic E-state index is 0.137. The van der Waals surface area contributed by atoms with E-state index in [-0.39, 0.29) is 12.5 Å². The van der Waals surface area contributed by atoms with Crippen molar-refractivity contribution in [3.05, 3.63) is 24.3 Å². The number of amides is 1. The summed E-state index contributed by atoms with van der Waals surface area (Å²) >= 11 is 0. The fraction of sp³-hybridized carbons (Fsp3) is 0.904. The highest BCUT2D eigenvalue weighted by Crippen LogP contribution is 2.23. The lowest BCUT2D eigenvalue weighted by Crippen LogP contribution is -2.60. The Morgan fingerprint density at radius 2 is 0.967 bits per heavy atom. The van der Waals surface area contributed by atoms with Gasteiger partial charge in [0.05, 0.1) is 25.4 Å². The summed E-state index contributed by atoms with van der Waals surface area (Å²) in [6.07, 6.45) is 44.7. The van der Waals surface area contributed by atoms with Crippen LogP contribution < -0.4 is 5.32 Å². The average Bonchev–Trinajstić information content (AvgIpc) is 3.26. The molecule has 0 aliphatic carbocycles. The van der Waals surface area contributed by atoms with E-state index in [1.807, 2.05) is 0 Å². The van der Waals surface area contributed by atoms with Gasteiger partial charge in [0.25, 0.3) is 0 Å². The molecule has 0 spiro atoms. The zero-order valence-electron chi connectivity index (χ0n) is 39.7. The van der Waals surface area contributed by atoms with E-state index in [0.29, 0.717) is 12.8 Å². The molecule has 9 heteroatoms. The Kier molecular flexibility index (Phi) is 40.3. The quantitative estimate of drug-likeness (QED) is 0.0262. The first-order valence-corrected chi connectivity index (χ1v) is 26.0. The van der Waals surface area contributed by atoms with Crippen LogP contribution in [0.4, 0.5) is 0 Å². The summed E-state index contributed by atoms with van der Waals surface area (Å²) < 4.78 is 11.3. The van der Waals surface area contributed by atoms with Gasteiger partial charge in [0.2, 0.25) is 5.91 Å². The number of carbonyl (C=O) groups is 1. The Morgan fingerprint density at radius 3 is 1.44 bits per heavy atom. The SMILES string of the molecule is CCCCC/C=C\C/C=C\CCCCCCCCCCCC(=O)NC(COC1OC(CO)C(O)C(O)C1O)C(O)CCCCCCCCCCCCCCCCCCCCC. The fourth-order valence-corrected chi connectivity index (χ4v) is 8.37. The number of carbonyl (C=O) groups excluding carboxylic acids is 1. The van der Waals surface area contributed by atoms with Crippen molar-refractivity contribution in [2.45, 2.75) is 288 Å². The minimum atomic E-state index is -1.55. The van der Waals surface area contributed by atoms with Crippen molar-refractivity contribution in [1.29, 1.82) is 0 Å². The minimum Gasteiger partial charge on any atom is -0.394 e. The highest BCUT2D eigenvalue weighted by Gasteiger charge is 2.44. The first-order chi connectivity index (χ1) is 29.8. The first-order valence-electron chi connectivity index (χ1n) is 26.0. The number of aliphatic hydroxyl groups is 5. The predicted molar refractivity (Wildman–Crippen MR) is 253 cm³/mol. The normalized spacial score (nSPS) is 20.5. The summed E-state index contributed by atoms with van der Waals surface area (Å²) in [5.41, 5.74) is 0. The number of hydrogen-bond donors (Lipinski definition) is 6. The van der Waals surface area contributed by atoms with Gasteiger partial charge in [-0.2, -0.15) is 0 Å². The van der Waals surface area contributed by atoms with Crippen LogP contribution in [-0.2, 0) is 14.3 Å². The number of rotatable bonds is 44. The van der Waals surface area contributed by atoms with Crippen molar-refractivity contribution in [3.63, 3.8) is 0 Å². The van der Waals surface area contributed by atoms with Gasteiger partial charge >= 0.3 is 0 Å². The van der Waals surface area contributed by atoms with Crippen LogP contribution in [0.3, 0.4) is 0 Å². The predicted octanol–water partition coefficient (Wildman–Crippen LogP) is 11.8. The third-order valence-corrected chi connectivity index (χ3v) is 12.6. The van der Waals surface area contributed by atoms with E-state index in [4.69, 9.17) is 9.47 Å². The summed E-state index contributed by atoms with van der Waals surface area (Å²) in [7, 11) is 0. The molecule has 61 heavy (non-hydrogen) atoms. The summed E-state index contributed by atoms with van der Waals surface area (Å²) in [6, 6.07) is -0.719. The maximum Gasteiger partial charge on any atom is 0.220 e. The van der Waals surface area contributed by atoms with Gasteiger partial charge in [-0.25, -0.2) is 0 Å². The molecule has 0 radical (unpaired) electrons. The van der Waals surface area contributed by atoms with E-state index in [2.05, 4.69) is 43.5 Å². The molecule has 7 unspecified atom stereocenters. The van der Waals surface area contributed by atoms with Gasteiger partial charge in [-0.3, -0.25) is 4.79 Å². The third-order valence-electron chi connectivity index (χ3n) is 12.6. The standard InChI is InChI=1S/C52H99NO8/c1-3-5-7-9-11-13-15-17-19-21-23-25-27-29-31-33-35-37-39-41-46(55)45(44-60-52-51(59)50(58)49(57)47(43-54)61-52)53-48(56)42-40-38-36-34-32-30-28-26-24-22-20-18-16-14-12-10-8-6-4-2/h12,14,18,20,45-47,49-52,54-55,57-59H,3-11,13,15-17,19,21-44H2,1-2H3,(H,53,56)/b14-12-,20-18-. The van der Waals surface area contributed by atoms with E-state index in [9.17, 15) is 30.3 Å². The zero-order chi connectivity index (χ0) is 44.4. The second-order valence-electron chi connectivity index (χ2n) is 18.3. The van der Waals surface area contributed by atoms with E-state index >= 15 is 0 Å². The Hall–Kier alpha value is -1.33. The average molecular weight is 866 g/mol. The molecule has 1 rings (SSSR count). The molecule has 0 aromatic carbocycles. The molecule has 0 aromatic heterocycles.